The molecule has 1 spiro atoms. The lowest BCUT2D eigenvalue weighted by atomic mass is 9.39. The van der Waals surface area contributed by atoms with Crippen LogP contribution >= 0.6 is 0 Å². The average molecular weight is 669 g/mol. The molecule has 1 aromatic carbocycles. The van der Waals surface area contributed by atoms with Crippen molar-refractivity contribution in [3.05, 3.63) is 47.0 Å². The molecule has 48 heavy (non-hydrogen) atoms. The number of esters is 3. The molecule has 0 radical (unpaired) electrons. The van der Waals surface area contributed by atoms with Gasteiger partial charge in [0.05, 0.1) is 41.9 Å². The lowest BCUT2D eigenvalue weighted by Gasteiger charge is -2.68. The van der Waals surface area contributed by atoms with Crippen LogP contribution in [0, 0.1) is 28.1 Å². The number of rotatable bonds is 5. The third kappa shape index (κ3) is 4.15. The molecule has 5 aliphatic rings. The summed E-state index contributed by atoms with van der Waals surface area (Å²) >= 11 is 0. The Hall–Kier alpha value is -4.10. The van der Waals surface area contributed by atoms with E-state index in [4.69, 9.17) is 33.2 Å². The minimum Gasteiger partial charge on any atom is -0.457 e. The Morgan fingerprint density at radius 2 is 1.65 bits per heavy atom. The number of Topliss-reactive ketones (excluding diaryl/α,β-unsaturated/α-hetero) is 2. The number of hydrogen-bond donors (Lipinski definition) is 0. The van der Waals surface area contributed by atoms with Gasteiger partial charge in [-0.25, -0.2) is 9.59 Å². The molecule has 2 aliphatic heterocycles. The summed E-state index contributed by atoms with van der Waals surface area (Å²) < 4.78 is 41.2. The van der Waals surface area contributed by atoms with E-state index >= 15 is 4.79 Å². The van der Waals surface area contributed by atoms with Gasteiger partial charge in [0.1, 0.15) is 24.4 Å². The smallest absolute Gasteiger partial charge is 0.457 e. The average Bonchev–Trinajstić information content (AvgIpc) is 3.32. The second-order valence-corrected chi connectivity index (χ2v) is 14.1. The number of fused-ring (bicyclic) bond motifs is 4. The van der Waals surface area contributed by atoms with Gasteiger partial charge in [0.15, 0.2) is 23.3 Å². The predicted octanol–water partition coefficient (Wildman–Crippen LogP) is 3.16. The van der Waals surface area contributed by atoms with Crippen LogP contribution in [0.25, 0.3) is 0 Å². The summed E-state index contributed by atoms with van der Waals surface area (Å²) in [4.78, 5) is 83.4. The van der Waals surface area contributed by atoms with Crippen LogP contribution in [-0.4, -0.2) is 92.6 Å². The van der Waals surface area contributed by atoms with Gasteiger partial charge in [-0.2, -0.15) is 0 Å². The van der Waals surface area contributed by atoms with Crippen molar-refractivity contribution in [2.45, 2.75) is 84.1 Å². The van der Waals surface area contributed by atoms with Crippen molar-refractivity contribution in [3.8, 4) is 0 Å². The first-order valence-electron chi connectivity index (χ1n) is 15.9. The molecule has 2 heterocycles. The highest BCUT2D eigenvalue weighted by molar-refractivity contribution is 6.07. The summed E-state index contributed by atoms with van der Waals surface area (Å²) in [5.41, 5.74) is -5.87. The zero-order chi connectivity index (χ0) is 35.1. The Morgan fingerprint density at radius 3 is 2.21 bits per heavy atom. The summed E-state index contributed by atoms with van der Waals surface area (Å²) in [6.07, 6.45) is -7.80. The SMILES string of the molecule is COC(=O)O[C@H]1C[C@H]2OC[C@@]2(OC(C)=O)[C@H]2[C@H](OC(=O)c3ccccc3)[C@]34C(C)C(=O)O[C@H]3C(=O)C(C)=C([C@@H](OC)C(=O)[C@]12C)C4(C)C. The molecule has 2 bridgehead atoms. The molecule has 13 heteroatoms. The van der Waals surface area contributed by atoms with Crippen LogP contribution in [0.4, 0.5) is 4.79 Å². The normalized spacial score (nSPS) is 39.3. The highest BCUT2D eigenvalue weighted by Gasteiger charge is 2.83. The van der Waals surface area contributed by atoms with Gasteiger partial charge < -0.3 is 33.2 Å². The van der Waals surface area contributed by atoms with Crippen LogP contribution in [-0.2, 0) is 52.3 Å². The van der Waals surface area contributed by atoms with E-state index in [0.717, 1.165) is 7.11 Å². The number of benzene rings is 1. The van der Waals surface area contributed by atoms with Crippen molar-refractivity contribution in [1.29, 1.82) is 0 Å². The molecule has 10 atom stereocenters. The predicted molar refractivity (Wildman–Crippen MR) is 162 cm³/mol. The number of carbonyl (C=O) groups excluding carboxylic acids is 6. The largest absolute Gasteiger partial charge is 0.508 e. The number of carbonyl (C=O) groups is 6. The molecule has 258 valence electrons. The summed E-state index contributed by atoms with van der Waals surface area (Å²) in [6.45, 7) is 9.22. The van der Waals surface area contributed by atoms with E-state index < -0.39 is 99.8 Å². The summed E-state index contributed by atoms with van der Waals surface area (Å²) in [5.74, 6) is -5.87. The van der Waals surface area contributed by atoms with Gasteiger partial charge in [-0.15, -0.1) is 0 Å². The zero-order valence-electron chi connectivity index (χ0n) is 28.1. The van der Waals surface area contributed by atoms with Crippen LogP contribution in [0.5, 0.6) is 0 Å². The van der Waals surface area contributed by atoms with Crippen molar-refractivity contribution >= 4 is 35.6 Å². The summed E-state index contributed by atoms with van der Waals surface area (Å²) in [6, 6.07) is 8.09. The van der Waals surface area contributed by atoms with Crippen molar-refractivity contribution in [1.82, 2.24) is 0 Å². The van der Waals surface area contributed by atoms with Crippen molar-refractivity contribution in [2.24, 2.45) is 28.1 Å². The maximum atomic E-state index is 15.3. The van der Waals surface area contributed by atoms with Crippen LogP contribution in [0.2, 0.25) is 0 Å². The lowest BCUT2D eigenvalue weighted by Crippen LogP contribution is -2.82. The maximum absolute atomic E-state index is 15.3. The third-order valence-electron chi connectivity index (χ3n) is 11.9. The Kier molecular flexibility index (Phi) is 7.90. The monoisotopic (exact) mass is 668 g/mol. The number of methoxy groups -OCH3 is 2. The molecular formula is C35H40O13. The molecule has 4 fully saturated rings. The topological polar surface area (TPSA) is 167 Å². The van der Waals surface area contributed by atoms with E-state index in [0.29, 0.717) is 0 Å². The molecule has 3 aliphatic carbocycles. The number of ketones is 2. The molecule has 0 aromatic heterocycles. The maximum Gasteiger partial charge on any atom is 0.508 e. The van der Waals surface area contributed by atoms with Gasteiger partial charge in [-0.1, -0.05) is 39.0 Å². The molecule has 2 saturated heterocycles. The van der Waals surface area contributed by atoms with Gasteiger partial charge in [0.2, 0.25) is 0 Å². The molecule has 1 aromatic rings. The molecule has 0 amide bonds. The van der Waals surface area contributed by atoms with E-state index in [2.05, 4.69) is 0 Å². The van der Waals surface area contributed by atoms with E-state index in [1.54, 1.807) is 65.0 Å². The van der Waals surface area contributed by atoms with E-state index in [1.807, 2.05) is 0 Å². The van der Waals surface area contributed by atoms with Crippen molar-refractivity contribution in [2.75, 3.05) is 20.8 Å². The number of hydrogen-bond acceptors (Lipinski definition) is 13. The van der Waals surface area contributed by atoms with Crippen LogP contribution in [0.15, 0.2) is 41.5 Å². The van der Waals surface area contributed by atoms with Gasteiger partial charge in [0, 0.05) is 25.9 Å². The minimum absolute atomic E-state index is 0.0985. The second kappa shape index (κ2) is 11.2. The molecule has 6 rings (SSSR count). The fourth-order valence-corrected chi connectivity index (χ4v) is 9.74. The summed E-state index contributed by atoms with van der Waals surface area (Å²) in [7, 11) is 2.45. The molecule has 2 saturated carbocycles. The lowest BCUT2D eigenvalue weighted by molar-refractivity contribution is -0.343. The van der Waals surface area contributed by atoms with Gasteiger partial charge >= 0.3 is 24.1 Å². The highest BCUT2D eigenvalue weighted by atomic mass is 16.7. The van der Waals surface area contributed by atoms with E-state index in [9.17, 15) is 24.0 Å². The Labute approximate surface area is 277 Å². The fourth-order valence-electron chi connectivity index (χ4n) is 9.74. The van der Waals surface area contributed by atoms with E-state index in [-0.39, 0.29) is 29.7 Å². The standard InChI is InChI=1S/C35H40O13/c1-16-22-24(42-7)26(38)33(6)20(45-31(41)43-8)14-21-34(15-44-21,48-18(3)36)25(33)28(47-30(40)19-12-10-9-11-13-19)35(32(22,4)5)17(2)29(39)46-27(35)23(16)37/h9-13,17,20-21,24-25,27-28H,14-15H2,1-8H3/t17?,20-,21+,24+,25-,27-,28-,33+,34-,35-/m0/s1. The van der Waals surface area contributed by atoms with Gasteiger partial charge in [-0.05, 0) is 37.1 Å². The van der Waals surface area contributed by atoms with E-state index in [1.165, 1.54) is 14.0 Å². The third-order valence-corrected chi connectivity index (χ3v) is 11.9. The Balaban J connectivity index is 1.75. The highest BCUT2D eigenvalue weighted by Crippen LogP contribution is 2.70. The first kappa shape index (κ1) is 33.8. The van der Waals surface area contributed by atoms with Crippen molar-refractivity contribution in [3.63, 3.8) is 0 Å². The second-order valence-electron chi connectivity index (χ2n) is 14.1. The van der Waals surface area contributed by atoms with Gasteiger partial charge in [0.25, 0.3) is 0 Å². The quantitative estimate of drug-likeness (QED) is 0.332. The van der Waals surface area contributed by atoms with Crippen LogP contribution < -0.4 is 0 Å². The minimum atomic E-state index is -1.85. The van der Waals surface area contributed by atoms with Crippen LogP contribution in [0.3, 0.4) is 0 Å². The fraction of sp³-hybridized carbons (Fsp3) is 0.600. The molecule has 13 nitrogen and oxygen atoms in total. The molecule has 0 N–H and O–H groups in total. The Bertz CT molecular complexity index is 1630. The zero-order valence-corrected chi connectivity index (χ0v) is 28.1. The number of ether oxygens (including phenoxy) is 7. The molecule has 1 unspecified atom stereocenters. The van der Waals surface area contributed by atoms with Gasteiger partial charge in [-0.3, -0.25) is 19.2 Å². The summed E-state index contributed by atoms with van der Waals surface area (Å²) in [5, 5.41) is 0. The first-order valence-corrected chi connectivity index (χ1v) is 15.9. The molecular weight excluding hydrogens is 628 g/mol. The van der Waals surface area contributed by atoms with Crippen molar-refractivity contribution < 1.29 is 61.9 Å². The first-order chi connectivity index (χ1) is 22.5. The Morgan fingerprint density at radius 1 is 0.979 bits per heavy atom. The van der Waals surface area contributed by atoms with Crippen LogP contribution in [0.1, 0.15) is 58.3 Å².